The Morgan fingerprint density at radius 1 is 1.17 bits per heavy atom. The second-order valence-corrected chi connectivity index (χ2v) is 8.45. The first-order valence-electron chi connectivity index (χ1n) is 11.3. The van der Waals surface area contributed by atoms with Gasteiger partial charge in [-0.3, -0.25) is 14.3 Å². The van der Waals surface area contributed by atoms with Crippen LogP contribution >= 0.6 is 0 Å². The molecule has 0 saturated carbocycles. The second kappa shape index (κ2) is 9.26. The van der Waals surface area contributed by atoms with E-state index in [4.69, 9.17) is 10.3 Å². The summed E-state index contributed by atoms with van der Waals surface area (Å²) in [5.74, 6) is 0.903. The summed E-state index contributed by atoms with van der Waals surface area (Å²) >= 11 is 0. The molecule has 1 aliphatic rings. The van der Waals surface area contributed by atoms with Crippen LogP contribution in [0.15, 0.2) is 58.1 Å². The van der Waals surface area contributed by atoms with Crippen molar-refractivity contribution >= 4 is 11.6 Å². The van der Waals surface area contributed by atoms with Gasteiger partial charge in [-0.25, -0.2) is 9.37 Å². The van der Waals surface area contributed by atoms with Crippen molar-refractivity contribution in [2.24, 2.45) is 12.8 Å². The Kier molecular flexibility index (Phi) is 6.00. The molecular weight excluding hydrogens is 451 g/mol. The van der Waals surface area contributed by atoms with Crippen molar-refractivity contribution in [1.29, 1.82) is 0 Å². The molecule has 4 aromatic rings. The van der Waals surface area contributed by atoms with E-state index in [1.165, 1.54) is 22.9 Å². The van der Waals surface area contributed by atoms with Crippen LogP contribution in [0.3, 0.4) is 0 Å². The highest BCUT2D eigenvalue weighted by atomic mass is 19.1. The number of piperazine rings is 1. The van der Waals surface area contributed by atoms with Gasteiger partial charge in [-0.2, -0.15) is 4.98 Å². The highest BCUT2D eigenvalue weighted by Crippen LogP contribution is 2.26. The normalized spacial score (nSPS) is 16.1. The molecule has 0 unspecified atom stereocenters. The summed E-state index contributed by atoms with van der Waals surface area (Å²) in [5.41, 5.74) is 7.77. The van der Waals surface area contributed by atoms with E-state index in [0.717, 1.165) is 30.5 Å². The third kappa shape index (κ3) is 4.37. The molecule has 1 fully saturated rings. The van der Waals surface area contributed by atoms with Gasteiger partial charge in [0, 0.05) is 61.8 Å². The van der Waals surface area contributed by atoms with Crippen molar-refractivity contribution in [2.75, 3.05) is 29.4 Å². The van der Waals surface area contributed by atoms with Gasteiger partial charge >= 0.3 is 0 Å². The number of anilines is 2. The fourth-order valence-corrected chi connectivity index (χ4v) is 4.27. The van der Waals surface area contributed by atoms with Crippen molar-refractivity contribution in [3.63, 3.8) is 0 Å². The van der Waals surface area contributed by atoms with Gasteiger partial charge in [0.1, 0.15) is 0 Å². The molecule has 1 atom stereocenters. The quantitative estimate of drug-likeness (QED) is 0.462. The average Bonchev–Trinajstić information content (AvgIpc) is 3.36. The van der Waals surface area contributed by atoms with Crippen LogP contribution in [-0.2, 0) is 13.6 Å². The van der Waals surface area contributed by atoms with Gasteiger partial charge in [-0.15, -0.1) is 0 Å². The van der Waals surface area contributed by atoms with Gasteiger partial charge in [0.15, 0.2) is 5.82 Å². The van der Waals surface area contributed by atoms with Gasteiger partial charge in [0.2, 0.25) is 17.7 Å². The minimum Gasteiger partial charge on any atom is -0.368 e. The van der Waals surface area contributed by atoms with Crippen LogP contribution < -0.4 is 21.1 Å². The third-order valence-electron chi connectivity index (χ3n) is 6.18. The number of hydrogen-bond donors (Lipinski definition) is 1. The van der Waals surface area contributed by atoms with Crippen molar-refractivity contribution < 1.29 is 8.91 Å². The highest BCUT2D eigenvalue weighted by molar-refractivity contribution is 5.62. The Morgan fingerprint density at radius 3 is 2.66 bits per heavy atom. The van der Waals surface area contributed by atoms with Crippen molar-refractivity contribution in [3.05, 3.63) is 70.9 Å². The third-order valence-corrected chi connectivity index (χ3v) is 6.18. The van der Waals surface area contributed by atoms with Gasteiger partial charge in [0.25, 0.3) is 5.56 Å². The molecule has 5 rings (SSSR count). The Bertz CT molecular complexity index is 1400. The van der Waals surface area contributed by atoms with Crippen LogP contribution in [0.2, 0.25) is 0 Å². The van der Waals surface area contributed by atoms with E-state index in [-0.39, 0.29) is 23.7 Å². The van der Waals surface area contributed by atoms with Crippen LogP contribution in [0.5, 0.6) is 0 Å². The van der Waals surface area contributed by atoms with E-state index in [1.807, 2.05) is 24.3 Å². The van der Waals surface area contributed by atoms with Crippen LogP contribution in [0.25, 0.3) is 22.6 Å². The molecule has 2 N–H and O–H groups in total. The van der Waals surface area contributed by atoms with Gasteiger partial charge in [-0.05, 0) is 37.3 Å². The molecule has 0 bridgehead atoms. The monoisotopic (exact) mass is 476 g/mol. The lowest BCUT2D eigenvalue weighted by atomic mass is 10.1. The SMILES string of the molecule is C[C@@H]1CN(c2ccc(-c3noc(CN)n3)cc2)CCN1c1nc(-c2ccncc2F)cc(=O)n1C. The number of nitrogens with zero attached hydrogens (tertiary/aromatic N) is 7. The molecule has 0 aliphatic carbocycles. The molecule has 4 heterocycles. The lowest BCUT2D eigenvalue weighted by molar-refractivity contribution is 0.380. The zero-order chi connectivity index (χ0) is 24.5. The zero-order valence-corrected chi connectivity index (χ0v) is 19.4. The number of pyridine rings is 1. The van der Waals surface area contributed by atoms with E-state index < -0.39 is 5.82 Å². The molecule has 180 valence electrons. The van der Waals surface area contributed by atoms with Gasteiger partial charge in [-0.1, -0.05) is 5.16 Å². The molecule has 0 spiro atoms. The Morgan fingerprint density at radius 2 is 1.97 bits per heavy atom. The van der Waals surface area contributed by atoms with Crippen molar-refractivity contribution in [1.82, 2.24) is 24.7 Å². The number of hydrogen-bond acceptors (Lipinski definition) is 9. The average molecular weight is 477 g/mol. The summed E-state index contributed by atoms with van der Waals surface area (Å²) in [5, 5.41) is 3.96. The van der Waals surface area contributed by atoms with Crippen molar-refractivity contribution in [2.45, 2.75) is 19.5 Å². The molecule has 1 aromatic carbocycles. The Balaban J connectivity index is 1.36. The smallest absolute Gasteiger partial charge is 0.255 e. The summed E-state index contributed by atoms with van der Waals surface area (Å²) in [6.07, 6.45) is 2.61. The van der Waals surface area contributed by atoms with Gasteiger partial charge in [0.05, 0.1) is 18.4 Å². The predicted octanol–water partition coefficient (Wildman–Crippen LogP) is 2.21. The van der Waals surface area contributed by atoms with Gasteiger partial charge < -0.3 is 20.1 Å². The number of aromatic nitrogens is 5. The maximum atomic E-state index is 14.3. The van der Waals surface area contributed by atoms with Crippen LogP contribution in [0.4, 0.5) is 16.0 Å². The molecular formula is C24H25FN8O2. The van der Waals surface area contributed by atoms with Crippen LogP contribution in [0.1, 0.15) is 12.8 Å². The summed E-state index contributed by atoms with van der Waals surface area (Å²) in [6.45, 7) is 4.39. The molecule has 11 heteroatoms. The van der Waals surface area contributed by atoms with Crippen LogP contribution in [0, 0.1) is 5.82 Å². The predicted molar refractivity (Wildman–Crippen MR) is 129 cm³/mol. The topological polar surface area (TPSA) is 119 Å². The molecule has 3 aromatic heterocycles. The highest BCUT2D eigenvalue weighted by Gasteiger charge is 2.27. The number of benzene rings is 1. The maximum Gasteiger partial charge on any atom is 0.255 e. The molecule has 1 saturated heterocycles. The molecule has 0 amide bonds. The zero-order valence-electron chi connectivity index (χ0n) is 19.4. The van der Waals surface area contributed by atoms with Crippen LogP contribution in [-0.4, -0.2) is 50.4 Å². The van der Waals surface area contributed by atoms with E-state index in [9.17, 15) is 9.18 Å². The number of halogens is 1. The van der Waals surface area contributed by atoms with Crippen molar-refractivity contribution in [3.8, 4) is 22.6 Å². The Labute approximate surface area is 200 Å². The van der Waals surface area contributed by atoms with E-state index >= 15 is 0 Å². The largest absolute Gasteiger partial charge is 0.368 e. The molecule has 0 radical (unpaired) electrons. The second-order valence-electron chi connectivity index (χ2n) is 8.45. The first kappa shape index (κ1) is 22.7. The summed E-state index contributed by atoms with van der Waals surface area (Å²) < 4.78 is 20.9. The minimum absolute atomic E-state index is 0.0587. The number of nitrogens with two attached hydrogens (primary N) is 1. The minimum atomic E-state index is -0.513. The number of rotatable bonds is 5. The van der Waals surface area contributed by atoms with E-state index in [0.29, 0.717) is 29.9 Å². The summed E-state index contributed by atoms with van der Waals surface area (Å²) in [7, 11) is 1.68. The summed E-state index contributed by atoms with van der Waals surface area (Å²) in [4.78, 5) is 29.7. The summed E-state index contributed by atoms with van der Waals surface area (Å²) in [6, 6.07) is 10.9. The first-order valence-corrected chi connectivity index (χ1v) is 11.3. The Hall–Kier alpha value is -4.12. The molecule has 1 aliphatic heterocycles. The lowest BCUT2D eigenvalue weighted by Crippen LogP contribution is -2.53. The van der Waals surface area contributed by atoms with E-state index in [1.54, 1.807) is 7.05 Å². The fourth-order valence-electron chi connectivity index (χ4n) is 4.27. The van der Waals surface area contributed by atoms with E-state index in [2.05, 4.69) is 36.8 Å². The maximum absolute atomic E-state index is 14.3. The lowest BCUT2D eigenvalue weighted by Gasteiger charge is -2.42. The fraction of sp³-hybridized carbons (Fsp3) is 0.292. The molecule has 35 heavy (non-hydrogen) atoms. The molecule has 10 nitrogen and oxygen atoms in total. The standard InChI is InChI=1S/C24H25FN8O2/c1-15-14-32(17-5-3-16(4-6-17)23-29-21(12-26)35-30-23)9-10-33(15)24-28-20(11-22(34)31(24)2)18-7-8-27-13-19(18)25/h3-8,11,13,15H,9-10,12,14,26H2,1-2H3/t15-/m1/s1. The first-order chi connectivity index (χ1) is 16.9.